The zero-order chi connectivity index (χ0) is 19.0. The number of hydrogen-bond acceptors (Lipinski definition) is 4. The molecular weight excluding hydrogens is 342 g/mol. The monoisotopic (exact) mass is 375 g/mol. The Labute approximate surface area is 152 Å². The standard InChI is InChI=1S/C17H33N3O4S/c1-14-9-7-8-10-19(14)25(22,23)20-12-11-18(13-17(20,5)6)15(21)24-16(2,3)4/h14H,7-13H2,1-6H3. The summed E-state index contributed by atoms with van der Waals surface area (Å²) in [4.78, 5) is 13.9. The highest BCUT2D eigenvalue weighted by Gasteiger charge is 2.46. The Morgan fingerprint density at radius 1 is 1.12 bits per heavy atom. The van der Waals surface area contributed by atoms with Gasteiger partial charge in [0.25, 0.3) is 10.2 Å². The minimum Gasteiger partial charge on any atom is -0.444 e. The molecule has 0 aromatic rings. The van der Waals surface area contributed by atoms with Crippen LogP contribution in [0.15, 0.2) is 0 Å². The van der Waals surface area contributed by atoms with Gasteiger partial charge in [-0.3, -0.25) is 0 Å². The zero-order valence-corrected chi connectivity index (χ0v) is 17.2. The van der Waals surface area contributed by atoms with Crippen LogP contribution in [0.4, 0.5) is 4.79 Å². The number of amides is 1. The van der Waals surface area contributed by atoms with E-state index in [1.807, 2.05) is 41.5 Å². The number of piperidine rings is 1. The summed E-state index contributed by atoms with van der Waals surface area (Å²) in [6, 6.07) is 0.0263. The number of rotatable bonds is 2. The summed E-state index contributed by atoms with van der Waals surface area (Å²) in [6.45, 7) is 12.7. The van der Waals surface area contributed by atoms with Crippen LogP contribution >= 0.6 is 0 Å². The summed E-state index contributed by atoms with van der Waals surface area (Å²) in [5.41, 5.74) is -1.24. The van der Waals surface area contributed by atoms with Crippen molar-refractivity contribution < 1.29 is 17.9 Å². The van der Waals surface area contributed by atoms with Crippen molar-refractivity contribution in [3.8, 4) is 0 Å². The Morgan fingerprint density at radius 2 is 1.76 bits per heavy atom. The summed E-state index contributed by atoms with van der Waals surface area (Å²) in [5.74, 6) is 0. The molecule has 146 valence electrons. The van der Waals surface area contributed by atoms with Gasteiger partial charge in [0.15, 0.2) is 0 Å². The first kappa shape index (κ1) is 20.5. The normalized spacial score (nSPS) is 26.5. The number of hydrogen-bond donors (Lipinski definition) is 0. The fourth-order valence-corrected chi connectivity index (χ4v) is 5.76. The van der Waals surface area contributed by atoms with E-state index in [1.54, 1.807) is 13.5 Å². The fourth-order valence-electron chi connectivity index (χ4n) is 3.59. The van der Waals surface area contributed by atoms with E-state index in [-0.39, 0.29) is 18.7 Å². The van der Waals surface area contributed by atoms with Crippen molar-refractivity contribution in [3.63, 3.8) is 0 Å². The molecule has 2 rings (SSSR count). The van der Waals surface area contributed by atoms with E-state index in [9.17, 15) is 13.2 Å². The lowest BCUT2D eigenvalue weighted by Gasteiger charge is -2.48. The van der Waals surface area contributed by atoms with Crippen LogP contribution in [0.3, 0.4) is 0 Å². The second-order valence-corrected chi connectivity index (χ2v) is 10.6. The van der Waals surface area contributed by atoms with E-state index < -0.39 is 21.3 Å². The van der Waals surface area contributed by atoms with Crippen molar-refractivity contribution in [2.24, 2.45) is 0 Å². The second-order valence-electron chi connectivity index (χ2n) is 8.75. The molecule has 0 aliphatic carbocycles. The van der Waals surface area contributed by atoms with Gasteiger partial charge in [0.1, 0.15) is 5.60 Å². The molecule has 1 unspecified atom stereocenters. The molecular formula is C17H33N3O4S. The molecule has 2 fully saturated rings. The van der Waals surface area contributed by atoms with Gasteiger partial charge in [0.2, 0.25) is 0 Å². The Morgan fingerprint density at radius 3 is 2.28 bits per heavy atom. The number of ether oxygens (including phenoxy) is 1. The summed E-state index contributed by atoms with van der Waals surface area (Å²) in [5, 5.41) is 0. The lowest BCUT2D eigenvalue weighted by molar-refractivity contribution is 0.00217. The van der Waals surface area contributed by atoms with Crippen molar-refractivity contribution in [1.82, 2.24) is 13.5 Å². The minimum absolute atomic E-state index is 0.0263. The first-order valence-corrected chi connectivity index (χ1v) is 10.5. The molecule has 1 atom stereocenters. The van der Waals surface area contributed by atoms with Gasteiger partial charge in [-0.15, -0.1) is 0 Å². The predicted octanol–water partition coefficient (Wildman–Crippen LogP) is 2.44. The fraction of sp³-hybridized carbons (Fsp3) is 0.941. The Hall–Kier alpha value is -0.860. The largest absolute Gasteiger partial charge is 0.444 e. The lowest BCUT2D eigenvalue weighted by Crippen LogP contribution is -2.65. The van der Waals surface area contributed by atoms with Crippen LogP contribution in [0.25, 0.3) is 0 Å². The molecule has 8 heteroatoms. The Bertz CT molecular complexity index is 598. The van der Waals surface area contributed by atoms with Crippen molar-refractivity contribution in [2.45, 2.75) is 78.0 Å². The number of nitrogens with zero attached hydrogens (tertiary/aromatic N) is 3. The SMILES string of the molecule is CC1CCCCN1S(=O)(=O)N1CCN(C(=O)OC(C)(C)C)CC1(C)C. The quantitative estimate of drug-likeness (QED) is 0.743. The molecule has 0 saturated carbocycles. The number of carbonyl (C=O) groups is 1. The first-order chi connectivity index (χ1) is 11.3. The molecule has 0 aromatic heterocycles. The Kier molecular flexibility index (Phi) is 5.76. The van der Waals surface area contributed by atoms with E-state index in [1.165, 1.54) is 0 Å². The van der Waals surface area contributed by atoms with Gasteiger partial charge in [-0.1, -0.05) is 6.42 Å². The van der Waals surface area contributed by atoms with Gasteiger partial charge in [-0.25, -0.2) is 4.79 Å². The van der Waals surface area contributed by atoms with Crippen molar-refractivity contribution in [2.75, 3.05) is 26.2 Å². The van der Waals surface area contributed by atoms with Crippen LogP contribution < -0.4 is 0 Å². The van der Waals surface area contributed by atoms with Gasteiger partial charge in [-0.05, 0) is 54.4 Å². The van der Waals surface area contributed by atoms with Gasteiger partial charge >= 0.3 is 6.09 Å². The van der Waals surface area contributed by atoms with Gasteiger partial charge in [-0.2, -0.15) is 17.0 Å². The third-order valence-corrected chi connectivity index (χ3v) is 7.16. The highest BCUT2D eigenvalue weighted by molar-refractivity contribution is 7.86. The van der Waals surface area contributed by atoms with Crippen LogP contribution in [0.1, 0.15) is 60.8 Å². The van der Waals surface area contributed by atoms with Crippen molar-refractivity contribution >= 4 is 16.3 Å². The summed E-state index contributed by atoms with van der Waals surface area (Å²) < 4.78 is 35.0. The van der Waals surface area contributed by atoms with E-state index in [0.717, 1.165) is 19.3 Å². The molecule has 0 bridgehead atoms. The molecule has 0 radical (unpaired) electrons. The molecule has 2 heterocycles. The lowest BCUT2D eigenvalue weighted by atomic mass is 10.0. The van der Waals surface area contributed by atoms with Crippen molar-refractivity contribution in [1.29, 1.82) is 0 Å². The highest BCUT2D eigenvalue weighted by Crippen LogP contribution is 2.30. The van der Waals surface area contributed by atoms with Crippen LogP contribution in [-0.2, 0) is 14.9 Å². The maximum absolute atomic E-state index is 13.2. The Balaban J connectivity index is 2.13. The molecule has 0 aromatic carbocycles. The smallest absolute Gasteiger partial charge is 0.410 e. The molecule has 0 spiro atoms. The zero-order valence-electron chi connectivity index (χ0n) is 16.4. The van der Waals surface area contributed by atoms with E-state index >= 15 is 0 Å². The van der Waals surface area contributed by atoms with Gasteiger partial charge in [0, 0.05) is 37.8 Å². The van der Waals surface area contributed by atoms with Crippen LogP contribution in [0, 0.1) is 0 Å². The first-order valence-electron chi connectivity index (χ1n) is 9.12. The predicted molar refractivity (Wildman–Crippen MR) is 97.5 cm³/mol. The average molecular weight is 376 g/mol. The molecule has 1 amide bonds. The van der Waals surface area contributed by atoms with E-state index in [0.29, 0.717) is 19.6 Å². The van der Waals surface area contributed by atoms with Crippen LogP contribution in [0.2, 0.25) is 0 Å². The molecule has 2 aliphatic rings. The van der Waals surface area contributed by atoms with E-state index in [2.05, 4.69) is 0 Å². The maximum atomic E-state index is 13.2. The van der Waals surface area contributed by atoms with Crippen LogP contribution in [0.5, 0.6) is 0 Å². The maximum Gasteiger partial charge on any atom is 0.410 e. The molecule has 2 aliphatic heterocycles. The molecule has 7 nitrogen and oxygen atoms in total. The number of piperazine rings is 1. The third-order valence-electron chi connectivity index (χ3n) is 4.79. The summed E-state index contributed by atoms with van der Waals surface area (Å²) in [7, 11) is -3.54. The number of carbonyl (C=O) groups excluding carboxylic acids is 1. The topological polar surface area (TPSA) is 70.2 Å². The van der Waals surface area contributed by atoms with Crippen molar-refractivity contribution in [3.05, 3.63) is 0 Å². The third kappa shape index (κ3) is 4.65. The minimum atomic E-state index is -3.54. The summed E-state index contributed by atoms with van der Waals surface area (Å²) in [6.07, 6.45) is 2.49. The van der Waals surface area contributed by atoms with Gasteiger partial charge < -0.3 is 9.64 Å². The average Bonchev–Trinajstić information content (AvgIpc) is 2.44. The second kappa shape index (κ2) is 7.04. The van der Waals surface area contributed by atoms with E-state index in [4.69, 9.17) is 4.74 Å². The molecule has 0 N–H and O–H groups in total. The summed E-state index contributed by atoms with van der Waals surface area (Å²) >= 11 is 0. The molecule has 25 heavy (non-hydrogen) atoms. The van der Waals surface area contributed by atoms with Gasteiger partial charge in [0.05, 0.1) is 0 Å². The highest BCUT2D eigenvalue weighted by atomic mass is 32.2. The molecule has 2 saturated heterocycles. The van der Waals surface area contributed by atoms with Crippen LogP contribution in [-0.4, -0.2) is 71.4 Å².